The van der Waals surface area contributed by atoms with Crippen molar-refractivity contribution in [3.63, 3.8) is 0 Å². The minimum absolute atomic E-state index is 0. The Hall–Kier alpha value is -8.52. The molecule has 6 aliphatic rings. The van der Waals surface area contributed by atoms with Gasteiger partial charge in [-0.3, -0.25) is 53.5 Å². The van der Waals surface area contributed by atoms with E-state index in [1.165, 1.54) is 63.5 Å². The van der Waals surface area contributed by atoms with Gasteiger partial charge < -0.3 is 14.2 Å². The van der Waals surface area contributed by atoms with Crippen LogP contribution in [0.25, 0.3) is 17.1 Å². The molecule has 6 N–H and O–H groups in total. The summed E-state index contributed by atoms with van der Waals surface area (Å²) in [6.07, 6.45) is 13.3. The van der Waals surface area contributed by atoms with Gasteiger partial charge in [0, 0.05) is 54.2 Å². The Morgan fingerprint density at radius 3 is 1.58 bits per heavy atom. The number of hydrogen-bond donors (Lipinski definition) is 6. The number of hydrogen-bond acceptors (Lipinski definition) is 16. The van der Waals surface area contributed by atoms with E-state index in [-0.39, 0.29) is 84.4 Å². The van der Waals surface area contributed by atoms with Crippen LogP contribution in [0.2, 0.25) is 30.1 Å². The largest absolute Gasteiger partial charge is 0.434 e. The molecule has 1 atom stereocenters. The number of halogens is 6. The molecule has 30 heteroatoms. The summed E-state index contributed by atoms with van der Waals surface area (Å²) in [5.74, 6) is 2.45. The molecule has 5 aliphatic carbocycles. The van der Waals surface area contributed by atoms with E-state index >= 15 is 0 Å². The SMILES string of the molecule is C=C1NN=C(Oc2c(Cl)cc(-n3ncc(=O)[nH]c3=O)cc2Cl)C2=C1C1CCC2CC1.Cc1cn(-c2cc(Cl)c(Oc3n[nH]c(=O)c4c3CCCC4(C)C)c(Cl)c2)c(=O)[nH]c1=O.Cc1cn(-c2cc(Cl)c(Oc3n[nH]c(=O)c4c3CCCC4C)c(Cl)c2)c(=O)[nH]c1=O.[HH].[HH]. The fourth-order valence-electron chi connectivity index (χ4n) is 12.2. The van der Waals surface area contributed by atoms with Crippen molar-refractivity contribution >= 4 is 75.5 Å². The van der Waals surface area contributed by atoms with Gasteiger partial charge >= 0.3 is 17.1 Å². The van der Waals surface area contributed by atoms with E-state index in [1.807, 2.05) is 20.8 Å². The molecule has 2 bridgehead atoms. The summed E-state index contributed by atoms with van der Waals surface area (Å²) in [4.78, 5) is 102. The topological polar surface area (TPSA) is 321 Å². The summed E-state index contributed by atoms with van der Waals surface area (Å²) in [6.45, 7) is 13.3. The van der Waals surface area contributed by atoms with Crippen molar-refractivity contribution < 1.29 is 17.1 Å². The van der Waals surface area contributed by atoms with E-state index in [9.17, 15) is 38.4 Å². The smallest absolute Gasteiger partial charge is 0.349 e. The second-order valence-corrected chi connectivity index (χ2v) is 25.6. The molecule has 0 radical (unpaired) electrons. The van der Waals surface area contributed by atoms with Crippen LogP contribution in [0.1, 0.15) is 114 Å². The van der Waals surface area contributed by atoms with Gasteiger partial charge in [-0.2, -0.15) is 9.78 Å². The van der Waals surface area contributed by atoms with Crippen LogP contribution in [0.3, 0.4) is 0 Å². The lowest BCUT2D eigenvalue weighted by Crippen LogP contribution is -2.38. The molecule has 0 amide bonds. The zero-order chi connectivity index (χ0) is 65.1. The fourth-order valence-corrected chi connectivity index (χ4v) is 13.9. The van der Waals surface area contributed by atoms with Crippen molar-refractivity contribution in [3.8, 4) is 46.1 Å². The number of allylic oxidation sites excluding steroid dienone is 1. The monoisotopic (exact) mass is 1360 g/mol. The normalized spacial score (nSPS) is 17.6. The molecule has 1 fully saturated rings. The lowest BCUT2D eigenvalue weighted by atomic mass is 9.66. The lowest BCUT2D eigenvalue weighted by molar-refractivity contribution is 0.296. The second kappa shape index (κ2) is 25.6. The van der Waals surface area contributed by atoms with Gasteiger partial charge in [0.2, 0.25) is 17.7 Å². The number of aryl methyl sites for hydroxylation is 2. The quantitative estimate of drug-likeness (QED) is 0.0824. The Bertz CT molecular complexity index is 4860. The predicted octanol–water partition coefficient (Wildman–Crippen LogP) is 10.7. The summed E-state index contributed by atoms with van der Waals surface area (Å²) in [7, 11) is 0. The van der Waals surface area contributed by atoms with E-state index in [0.717, 1.165) is 84.6 Å². The number of aromatic amines is 5. The summed E-state index contributed by atoms with van der Waals surface area (Å²) >= 11 is 38.5. The molecule has 0 saturated heterocycles. The number of hydrazone groups is 1. The summed E-state index contributed by atoms with van der Waals surface area (Å²) in [5.41, 5.74) is 6.43. The molecule has 3 aromatic carbocycles. The molecular formula is C61H59Cl6N13O11. The number of rotatable bonds is 8. The zero-order valence-electron chi connectivity index (χ0n) is 49.1. The number of nitrogens with one attached hydrogen (secondary N) is 6. The molecule has 8 aromatic rings. The van der Waals surface area contributed by atoms with Gasteiger partial charge in [0.05, 0.1) is 52.9 Å². The van der Waals surface area contributed by atoms with Gasteiger partial charge in [-0.05, 0) is 143 Å². The van der Waals surface area contributed by atoms with Crippen LogP contribution in [0.15, 0.2) is 122 Å². The van der Waals surface area contributed by atoms with Gasteiger partial charge in [0.15, 0.2) is 17.2 Å². The van der Waals surface area contributed by atoms with Crippen molar-refractivity contribution in [1.82, 2.24) is 59.7 Å². The molecule has 1 saturated carbocycles. The van der Waals surface area contributed by atoms with E-state index in [0.29, 0.717) is 69.9 Å². The van der Waals surface area contributed by atoms with Crippen molar-refractivity contribution in [2.24, 2.45) is 16.9 Å². The molecular weight excluding hydrogens is 1300 g/mol. The minimum atomic E-state index is -0.698. The molecule has 0 spiro atoms. The summed E-state index contributed by atoms with van der Waals surface area (Å²) < 4.78 is 21.4. The minimum Gasteiger partial charge on any atom is -0.434 e. The van der Waals surface area contributed by atoms with Gasteiger partial charge in [-0.25, -0.2) is 24.6 Å². The molecule has 14 rings (SSSR count). The van der Waals surface area contributed by atoms with Crippen molar-refractivity contribution in [2.45, 2.75) is 110 Å². The van der Waals surface area contributed by atoms with Crippen LogP contribution in [0.4, 0.5) is 0 Å². The Labute approximate surface area is 547 Å². The van der Waals surface area contributed by atoms with Gasteiger partial charge in [0.1, 0.15) is 6.20 Å². The second-order valence-electron chi connectivity index (χ2n) is 23.1. The first-order valence-electron chi connectivity index (χ1n) is 28.6. The van der Waals surface area contributed by atoms with Crippen LogP contribution in [-0.2, 0) is 18.3 Å². The maximum Gasteiger partial charge on any atom is 0.349 e. The van der Waals surface area contributed by atoms with E-state index < -0.39 is 33.7 Å². The van der Waals surface area contributed by atoms with Crippen molar-refractivity contribution in [3.05, 3.63) is 225 Å². The zero-order valence-corrected chi connectivity index (χ0v) is 53.6. The molecule has 6 heterocycles. The average Bonchev–Trinajstić information content (AvgIpc) is 0.795. The Morgan fingerprint density at radius 1 is 0.582 bits per heavy atom. The van der Waals surface area contributed by atoms with E-state index in [1.54, 1.807) is 13.8 Å². The Kier molecular flexibility index (Phi) is 18.0. The number of aromatic nitrogens is 11. The molecule has 1 aliphatic heterocycles. The molecule has 24 nitrogen and oxygen atoms in total. The first-order chi connectivity index (χ1) is 43.3. The van der Waals surface area contributed by atoms with E-state index in [4.69, 9.17) is 83.8 Å². The Balaban J connectivity index is 0.000000163. The highest BCUT2D eigenvalue weighted by Crippen LogP contribution is 2.50. The third-order valence-corrected chi connectivity index (χ3v) is 18.3. The maximum absolute atomic E-state index is 12.4. The number of benzene rings is 3. The summed E-state index contributed by atoms with van der Waals surface area (Å²) in [6, 6.07) is 9.00. The molecule has 5 aromatic heterocycles. The predicted molar refractivity (Wildman–Crippen MR) is 350 cm³/mol. The summed E-state index contributed by atoms with van der Waals surface area (Å²) in [5, 5.41) is 22.3. The highest BCUT2D eigenvalue weighted by atomic mass is 35.5. The first-order valence-corrected chi connectivity index (χ1v) is 30.9. The van der Waals surface area contributed by atoms with Crippen LogP contribution >= 0.6 is 69.6 Å². The van der Waals surface area contributed by atoms with Gasteiger partial charge in [0.25, 0.3) is 27.8 Å². The average molecular weight is 1360 g/mol. The van der Waals surface area contributed by atoms with Crippen molar-refractivity contribution in [2.75, 3.05) is 0 Å². The molecule has 476 valence electrons. The highest BCUT2D eigenvalue weighted by molar-refractivity contribution is 6.39. The van der Waals surface area contributed by atoms with Gasteiger partial charge in [-0.1, -0.05) is 97.0 Å². The highest BCUT2D eigenvalue weighted by Gasteiger charge is 2.41. The van der Waals surface area contributed by atoms with Crippen LogP contribution in [-0.4, -0.2) is 60.2 Å². The molecule has 91 heavy (non-hydrogen) atoms. The van der Waals surface area contributed by atoms with Crippen LogP contribution in [0, 0.1) is 25.7 Å². The lowest BCUT2D eigenvalue weighted by Gasteiger charge is -2.42. The molecule has 1 unspecified atom stereocenters. The maximum atomic E-state index is 12.4. The number of ether oxygens (including phenoxy) is 3. The number of H-pyrrole nitrogens is 5. The van der Waals surface area contributed by atoms with Crippen LogP contribution < -0.4 is 64.5 Å². The van der Waals surface area contributed by atoms with Crippen LogP contribution in [0.5, 0.6) is 29.0 Å². The van der Waals surface area contributed by atoms with Gasteiger partial charge in [-0.15, -0.1) is 15.3 Å². The fraction of sp³-hybridized carbons (Fsp3) is 0.311. The standard InChI is InChI=1S/C21H20Cl2N4O4.C20H17Cl2N5O3.C20H18Cl2N4O4.2H2/c1-10-9-27(20(30)24-17(10)28)11-7-13(22)16(14(23)8-11)31-19-12-5-4-6-21(2,3)15(12)18(29)25-26-19;1-9-16-10-2-4-11(5-3-10)17(16)19(26-25-9)30-18-13(21)6-12(7-14(18)22)27-20(29)24-15(28)8-23-27;1-9-4-3-5-12-15(9)18(28)24-25-19(12)30-16-13(21)6-11(7-14(16)22)26-8-10(2)17(27)23-20(26)29;;/h7-9H,4-6H2,1-3H3,(H,25,29)(H,24,28,30);6-8,10-11,25H,1-5H2,(H,24,28,29);6-9H,3-5H2,1-2H3,(H,24,28)(H,23,27,29);2*1H. The third kappa shape index (κ3) is 12.8. The van der Waals surface area contributed by atoms with E-state index in [2.05, 4.69) is 57.6 Å². The third-order valence-electron chi connectivity index (χ3n) is 16.6. The first kappa shape index (κ1) is 64.0. The number of nitrogens with zero attached hydrogens (tertiary/aromatic N) is 7. The number of fused-ring (bicyclic) bond motifs is 4. The Morgan fingerprint density at radius 2 is 1.05 bits per heavy atom. The van der Waals surface area contributed by atoms with Crippen molar-refractivity contribution in [1.29, 1.82) is 0 Å².